The van der Waals surface area contributed by atoms with Gasteiger partial charge in [-0.15, -0.1) is 6.58 Å². The maximum Gasteiger partial charge on any atom is 0.433 e. The van der Waals surface area contributed by atoms with Crippen LogP contribution in [-0.4, -0.2) is 17.1 Å². The van der Waals surface area contributed by atoms with Gasteiger partial charge in [-0.05, 0) is 6.92 Å². The number of hydrogen-bond acceptors (Lipinski definition) is 4. The number of thiazole rings is 1. The van der Waals surface area contributed by atoms with Crippen molar-refractivity contribution in [3.05, 3.63) is 32.9 Å². The van der Waals surface area contributed by atoms with Gasteiger partial charge in [0.25, 0.3) is 0 Å². The summed E-state index contributed by atoms with van der Waals surface area (Å²) in [6.07, 6.45) is -3.65. The summed E-state index contributed by atoms with van der Waals surface area (Å²) in [6.45, 7) is 4.36. The summed E-state index contributed by atoms with van der Waals surface area (Å²) in [6, 6.07) is 0. The van der Waals surface area contributed by atoms with Crippen molar-refractivity contribution in [3.8, 4) is 0 Å². The van der Waals surface area contributed by atoms with Crippen molar-refractivity contribution in [1.29, 1.82) is 0 Å². The van der Waals surface area contributed by atoms with E-state index in [1.807, 2.05) is 0 Å². The molecule has 0 bridgehead atoms. The second kappa shape index (κ2) is 5.38. The molecule has 0 aromatic carbocycles. The molecule has 18 heavy (non-hydrogen) atoms. The molecule has 0 amide bonds. The van der Waals surface area contributed by atoms with E-state index >= 15 is 0 Å². The standard InChI is InChI=1S/C10H10F3NO3S/c1-3-5-14-7(10(11,12)13)6(18-9(14)16)8(15)17-4-2/h3H,1,4-5H2,2H3. The highest BCUT2D eigenvalue weighted by Gasteiger charge is 2.41. The predicted molar refractivity (Wildman–Crippen MR) is 59.7 cm³/mol. The number of nitrogens with zero attached hydrogens (tertiary/aromatic N) is 1. The zero-order valence-electron chi connectivity index (χ0n) is 9.41. The molecule has 0 aliphatic heterocycles. The van der Waals surface area contributed by atoms with E-state index in [0.29, 0.717) is 4.57 Å². The van der Waals surface area contributed by atoms with E-state index in [2.05, 4.69) is 11.3 Å². The Kier molecular flexibility index (Phi) is 4.33. The molecule has 8 heteroatoms. The molecular formula is C10H10F3NO3S. The van der Waals surface area contributed by atoms with E-state index < -0.39 is 27.6 Å². The molecule has 1 aromatic rings. The van der Waals surface area contributed by atoms with E-state index in [1.54, 1.807) is 0 Å². The molecule has 0 radical (unpaired) electrons. The lowest BCUT2D eigenvalue weighted by molar-refractivity contribution is -0.144. The molecule has 0 unspecified atom stereocenters. The molecule has 100 valence electrons. The number of aromatic nitrogens is 1. The first-order chi connectivity index (χ1) is 8.32. The molecular weight excluding hydrogens is 271 g/mol. The van der Waals surface area contributed by atoms with E-state index in [9.17, 15) is 22.8 Å². The van der Waals surface area contributed by atoms with Gasteiger partial charge in [-0.1, -0.05) is 17.4 Å². The molecule has 0 fully saturated rings. The van der Waals surface area contributed by atoms with Crippen LogP contribution in [0.15, 0.2) is 17.4 Å². The number of hydrogen-bond donors (Lipinski definition) is 0. The van der Waals surface area contributed by atoms with E-state index in [4.69, 9.17) is 0 Å². The van der Waals surface area contributed by atoms with Gasteiger partial charge in [-0.25, -0.2) is 4.79 Å². The highest BCUT2D eigenvalue weighted by atomic mass is 32.1. The molecule has 4 nitrogen and oxygen atoms in total. The minimum Gasteiger partial charge on any atom is -0.462 e. The molecule has 1 heterocycles. The normalized spacial score (nSPS) is 11.3. The van der Waals surface area contributed by atoms with Gasteiger partial charge in [0.15, 0.2) is 5.69 Å². The van der Waals surface area contributed by atoms with Crippen LogP contribution in [0.3, 0.4) is 0 Å². The van der Waals surface area contributed by atoms with Crippen LogP contribution in [0.4, 0.5) is 13.2 Å². The van der Waals surface area contributed by atoms with Crippen LogP contribution in [0, 0.1) is 0 Å². The Morgan fingerprint density at radius 3 is 2.61 bits per heavy atom. The lowest BCUT2D eigenvalue weighted by Crippen LogP contribution is -2.22. The maximum atomic E-state index is 12.9. The summed E-state index contributed by atoms with van der Waals surface area (Å²) < 4.78 is 43.5. The van der Waals surface area contributed by atoms with E-state index in [-0.39, 0.29) is 24.5 Å². The van der Waals surface area contributed by atoms with Crippen molar-refractivity contribution in [1.82, 2.24) is 4.57 Å². The minimum atomic E-state index is -4.80. The SMILES string of the molecule is C=CCn1c(C(F)(F)F)c(C(=O)OCC)sc1=O. The third-order valence-electron chi connectivity index (χ3n) is 1.94. The van der Waals surface area contributed by atoms with Crippen molar-refractivity contribution < 1.29 is 22.7 Å². The van der Waals surface area contributed by atoms with Gasteiger partial charge in [-0.3, -0.25) is 9.36 Å². The third-order valence-corrected chi connectivity index (χ3v) is 2.89. The van der Waals surface area contributed by atoms with Crippen molar-refractivity contribution in [2.75, 3.05) is 6.61 Å². The molecule has 0 aliphatic rings. The smallest absolute Gasteiger partial charge is 0.433 e. The zero-order chi connectivity index (χ0) is 13.9. The molecule has 0 N–H and O–H groups in total. The fraction of sp³-hybridized carbons (Fsp3) is 0.400. The van der Waals surface area contributed by atoms with Crippen LogP contribution < -0.4 is 4.87 Å². The Labute approximate surface area is 104 Å². The number of halogens is 3. The highest BCUT2D eigenvalue weighted by Crippen LogP contribution is 2.33. The molecule has 0 aliphatic carbocycles. The van der Waals surface area contributed by atoms with Gasteiger partial charge < -0.3 is 4.74 Å². The lowest BCUT2D eigenvalue weighted by atomic mass is 10.3. The summed E-state index contributed by atoms with van der Waals surface area (Å²) in [5, 5.41) is 0. The van der Waals surface area contributed by atoms with Gasteiger partial charge in [-0.2, -0.15) is 13.2 Å². The molecule has 0 saturated heterocycles. The number of esters is 1. The summed E-state index contributed by atoms with van der Waals surface area (Å²) in [5.74, 6) is -1.14. The van der Waals surface area contributed by atoms with Gasteiger partial charge in [0, 0.05) is 6.54 Å². The molecule has 0 spiro atoms. The van der Waals surface area contributed by atoms with Crippen LogP contribution in [0.25, 0.3) is 0 Å². The van der Waals surface area contributed by atoms with Crippen molar-refractivity contribution in [3.63, 3.8) is 0 Å². The molecule has 1 aromatic heterocycles. The topological polar surface area (TPSA) is 48.3 Å². The first kappa shape index (κ1) is 14.5. The van der Waals surface area contributed by atoms with Crippen LogP contribution >= 0.6 is 11.3 Å². The predicted octanol–water partition coefficient (Wildman–Crippen LogP) is 2.29. The number of rotatable bonds is 4. The number of carbonyl (C=O) groups excluding carboxylic acids is 1. The fourth-order valence-corrected chi connectivity index (χ4v) is 2.23. The number of allylic oxidation sites excluding steroid dienone is 1. The average Bonchev–Trinajstić information content (AvgIpc) is 2.57. The lowest BCUT2D eigenvalue weighted by Gasteiger charge is -2.10. The van der Waals surface area contributed by atoms with Crippen LogP contribution in [0.2, 0.25) is 0 Å². The quantitative estimate of drug-likeness (QED) is 0.628. The Morgan fingerprint density at radius 2 is 2.17 bits per heavy atom. The Bertz CT molecular complexity index is 515. The highest BCUT2D eigenvalue weighted by molar-refractivity contribution is 7.11. The second-order valence-corrected chi connectivity index (χ2v) is 4.12. The molecule has 1 rings (SSSR count). The summed E-state index contributed by atoms with van der Waals surface area (Å²) in [5.41, 5.74) is -1.28. The van der Waals surface area contributed by atoms with Gasteiger partial charge in [0.1, 0.15) is 4.88 Å². The first-order valence-electron chi connectivity index (χ1n) is 4.91. The third kappa shape index (κ3) is 2.81. The number of alkyl halides is 3. The summed E-state index contributed by atoms with van der Waals surface area (Å²) in [4.78, 5) is 21.2. The van der Waals surface area contributed by atoms with Crippen LogP contribution in [-0.2, 0) is 17.5 Å². The fourth-order valence-electron chi connectivity index (χ4n) is 1.32. The van der Waals surface area contributed by atoms with Crippen molar-refractivity contribution in [2.45, 2.75) is 19.6 Å². The number of ether oxygens (including phenoxy) is 1. The van der Waals surface area contributed by atoms with Crippen molar-refractivity contribution >= 4 is 17.3 Å². The Morgan fingerprint density at radius 1 is 1.56 bits per heavy atom. The second-order valence-electron chi connectivity index (χ2n) is 3.16. The average molecular weight is 281 g/mol. The minimum absolute atomic E-state index is 0.0658. The largest absolute Gasteiger partial charge is 0.462 e. The van der Waals surface area contributed by atoms with Crippen LogP contribution in [0.1, 0.15) is 22.3 Å². The van der Waals surface area contributed by atoms with Crippen molar-refractivity contribution in [2.24, 2.45) is 0 Å². The monoisotopic (exact) mass is 281 g/mol. The van der Waals surface area contributed by atoms with Gasteiger partial charge in [0.2, 0.25) is 0 Å². The van der Waals surface area contributed by atoms with E-state index in [0.717, 1.165) is 6.08 Å². The zero-order valence-corrected chi connectivity index (χ0v) is 10.2. The maximum absolute atomic E-state index is 12.9. The molecule has 0 atom stereocenters. The summed E-state index contributed by atoms with van der Waals surface area (Å²) in [7, 11) is 0. The van der Waals surface area contributed by atoms with E-state index in [1.165, 1.54) is 6.92 Å². The van der Waals surface area contributed by atoms with Gasteiger partial charge >= 0.3 is 17.0 Å². The first-order valence-corrected chi connectivity index (χ1v) is 5.73. The number of carbonyl (C=O) groups is 1. The van der Waals surface area contributed by atoms with Crippen LogP contribution in [0.5, 0.6) is 0 Å². The molecule has 0 saturated carbocycles. The summed E-state index contributed by atoms with van der Waals surface area (Å²) >= 11 is 0.221. The van der Waals surface area contributed by atoms with Gasteiger partial charge in [0.05, 0.1) is 6.61 Å². The Hall–Kier alpha value is -1.57. The Balaban J connectivity index is 3.44.